The number of hydrogen-bond acceptors (Lipinski definition) is 1. The van der Waals surface area contributed by atoms with E-state index >= 15 is 0 Å². The molecule has 0 saturated carbocycles. The lowest BCUT2D eigenvalue weighted by atomic mass is 9.57. The quantitative estimate of drug-likeness (QED) is 0.578. The summed E-state index contributed by atoms with van der Waals surface area (Å²) in [5, 5.41) is 11.3. The van der Waals surface area contributed by atoms with E-state index in [9.17, 15) is 5.11 Å². The van der Waals surface area contributed by atoms with Crippen molar-refractivity contribution in [2.75, 3.05) is 0 Å². The molecule has 2 aliphatic carbocycles. The second-order valence-electron chi connectivity index (χ2n) is 7.84. The van der Waals surface area contributed by atoms with Crippen LogP contribution in [0.25, 0.3) is 0 Å². The summed E-state index contributed by atoms with van der Waals surface area (Å²) in [7, 11) is 0. The van der Waals surface area contributed by atoms with Gasteiger partial charge in [-0.1, -0.05) is 48.8 Å². The molecule has 0 aromatic rings. The minimum Gasteiger partial charge on any atom is -0.389 e. The van der Waals surface area contributed by atoms with Crippen LogP contribution in [-0.2, 0) is 0 Å². The third-order valence-corrected chi connectivity index (χ3v) is 6.03. The molecule has 1 N–H and O–H groups in total. The second-order valence-corrected chi connectivity index (χ2v) is 7.84. The highest BCUT2D eigenvalue weighted by Gasteiger charge is 2.49. The Balaban J connectivity index is 2.39. The molecular formula is C20H32O. The molecule has 2 aliphatic rings. The summed E-state index contributed by atoms with van der Waals surface area (Å²) in [6.07, 6.45) is 13.1. The summed E-state index contributed by atoms with van der Waals surface area (Å²) in [4.78, 5) is 0. The minimum atomic E-state index is -0.602. The first-order valence-corrected chi connectivity index (χ1v) is 8.46. The lowest BCUT2D eigenvalue weighted by Crippen LogP contribution is -2.51. The zero-order valence-corrected chi connectivity index (χ0v) is 14.5. The molecule has 1 nitrogen and oxygen atoms in total. The van der Waals surface area contributed by atoms with Gasteiger partial charge in [0.05, 0.1) is 5.60 Å². The molecule has 1 heteroatoms. The standard InChI is InChI=1S/C20H32O/c1-15-7-6-8-16(2)11-13-20(21)14-12-17(3)18(10-9-15)19(20,4)5/h7,11-12,18,21H,6,8-10,13-14H2,1-5H3/b15-7-,16-11-/t18-,20+/m1/s1. The highest BCUT2D eigenvalue weighted by atomic mass is 16.3. The molecule has 2 rings (SSSR count). The lowest BCUT2D eigenvalue weighted by Gasteiger charge is -2.51. The van der Waals surface area contributed by atoms with E-state index in [1.807, 2.05) is 0 Å². The van der Waals surface area contributed by atoms with Gasteiger partial charge in [-0.25, -0.2) is 0 Å². The first-order chi connectivity index (χ1) is 9.76. The van der Waals surface area contributed by atoms with Gasteiger partial charge in [0.1, 0.15) is 0 Å². The van der Waals surface area contributed by atoms with E-state index in [2.05, 4.69) is 52.8 Å². The molecule has 2 bridgehead atoms. The van der Waals surface area contributed by atoms with Gasteiger partial charge in [-0.3, -0.25) is 0 Å². The fourth-order valence-corrected chi connectivity index (χ4v) is 4.03. The molecule has 0 aliphatic heterocycles. The fourth-order valence-electron chi connectivity index (χ4n) is 4.03. The Bertz CT molecular complexity index is 478. The molecule has 0 spiro atoms. The third kappa shape index (κ3) is 3.34. The maximum absolute atomic E-state index is 11.3. The van der Waals surface area contributed by atoms with Gasteiger partial charge in [0.15, 0.2) is 0 Å². The molecule has 0 unspecified atom stereocenters. The molecule has 0 saturated heterocycles. The molecule has 0 amide bonds. The maximum Gasteiger partial charge on any atom is 0.0772 e. The van der Waals surface area contributed by atoms with Gasteiger partial charge < -0.3 is 5.11 Å². The Hall–Kier alpha value is -0.820. The van der Waals surface area contributed by atoms with E-state index in [4.69, 9.17) is 0 Å². The van der Waals surface area contributed by atoms with Gasteiger partial charge in [0.2, 0.25) is 0 Å². The van der Waals surface area contributed by atoms with Crippen LogP contribution < -0.4 is 0 Å². The van der Waals surface area contributed by atoms with Crippen molar-refractivity contribution >= 4 is 0 Å². The van der Waals surface area contributed by atoms with E-state index in [0.29, 0.717) is 5.92 Å². The Morgan fingerprint density at radius 1 is 0.952 bits per heavy atom. The van der Waals surface area contributed by atoms with Crippen LogP contribution in [0.15, 0.2) is 34.9 Å². The number of aliphatic hydroxyl groups is 1. The molecule has 21 heavy (non-hydrogen) atoms. The largest absolute Gasteiger partial charge is 0.389 e. The van der Waals surface area contributed by atoms with Crippen molar-refractivity contribution in [2.45, 2.75) is 78.7 Å². The molecular weight excluding hydrogens is 256 g/mol. The molecule has 0 heterocycles. The number of hydrogen-bond donors (Lipinski definition) is 1. The number of allylic oxidation sites excluding steroid dienone is 4. The number of rotatable bonds is 0. The zero-order chi connectivity index (χ0) is 15.7. The molecule has 118 valence electrons. The zero-order valence-electron chi connectivity index (χ0n) is 14.5. The predicted molar refractivity (Wildman–Crippen MR) is 91.2 cm³/mol. The highest BCUT2D eigenvalue weighted by molar-refractivity contribution is 5.22. The smallest absolute Gasteiger partial charge is 0.0772 e. The van der Waals surface area contributed by atoms with E-state index in [1.54, 1.807) is 0 Å². The average molecular weight is 288 g/mol. The van der Waals surface area contributed by atoms with Crippen LogP contribution in [0.2, 0.25) is 0 Å². The van der Waals surface area contributed by atoms with Crippen LogP contribution in [0.5, 0.6) is 0 Å². The summed E-state index contributed by atoms with van der Waals surface area (Å²) < 4.78 is 0. The average Bonchev–Trinajstić information content (AvgIpc) is 2.40. The van der Waals surface area contributed by atoms with Crippen molar-refractivity contribution in [1.29, 1.82) is 0 Å². The van der Waals surface area contributed by atoms with Crippen molar-refractivity contribution < 1.29 is 5.11 Å². The van der Waals surface area contributed by atoms with Crippen LogP contribution >= 0.6 is 0 Å². The van der Waals surface area contributed by atoms with Crippen LogP contribution in [0, 0.1) is 11.3 Å². The first-order valence-electron chi connectivity index (χ1n) is 8.46. The summed E-state index contributed by atoms with van der Waals surface area (Å²) in [6.45, 7) is 11.2. The Labute approximate surface area is 130 Å². The Kier molecular flexibility index (Phi) is 4.82. The summed E-state index contributed by atoms with van der Waals surface area (Å²) in [5.41, 5.74) is 3.71. The topological polar surface area (TPSA) is 20.2 Å². The summed E-state index contributed by atoms with van der Waals surface area (Å²) in [5.74, 6) is 0.479. The molecule has 0 aromatic heterocycles. The summed E-state index contributed by atoms with van der Waals surface area (Å²) in [6, 6.07) is 0. The normalized spacial score (nSPS) is 39.0. The van der Waals surface area contributed by atoms with Crippen molar-refractivity contribution in [1.82, 2.24) is 0 Å². The van der Waals surface area contributed by atoms with E-state index in [1.165, 1.54) is 16.7 Å². The van der Waals surface area contributed by atoms with E-state index in [-0.39, 0.29) is 5.41 Å². The second kappa shape index (κ2) is 6.12. The van der Waals surface area contributed by atoms with Crippen molar-refractivity contribution in [3.8, 4) is 0 Å². The molecule has 0 radical (unpaired) electrons. The van der Waals surface area contributed by atoms with Gasteiger partial charge in [-0.2, -0.15) is 0 Å². The van der Waals surface area contributed by atoms with Gasteiger partial charge in [0.25, 0.3) is 0 Å². The summed E-state index contributed by atoms with van der Waals surface area (Å²) >= 11 is 0. The van der Waals surface area contributed by atoms with Crippen molar-refractivity contribution in [3.05, 3.63) is 34.9 Å². The lowest BCUT2D eigenvalue weighted by molar-refractivity contribution is -0.0942. The minimum absolute atomic E-state index is 0.0674. The van der Waals surface area contributed by atoms with Crippen LogP contribution in [0.4, 0.5) is 0 Å². The van der Waals surface area contributed by atoms with Crippen LogP contribution in [-0.4, -0.2) is 10.7 Å². The van der Waals surface area contributed by atoms with Crippen molar-refractivity contribution in [3.63, 3.8) is 0 Å². The predicted octanol–water partition coefficient (Wildman–Crippen LogP) is 5.57. The Morgan fingerprint density at radius 2 is 1.57 bits per heavy atom. The van der Waals surface area contributed by atoms with Crippen LogP contribution in [0.3, 0.4) is 0 Å². The maximum atomic E-state index is 11.3. The van der Waals surface area contributed by atoms with Crippen LogP contribution in [0.1, 0.15) is 73.1 Å². The van der Waals surface area contributed by atoms with Gasteiger partial charge >= 0.3 is 0 Å². The van der Waals surface area contributed by atoms with Gasteiger partial charge in [-0.05, 0) is 65.2 Å². The molecule has 0 aromatic carbocycles. The number of fused-ring (bicyclic) bond motifs is 2. The highest BCUT2D eigenvalue weighted by Crippen LogP contribution is 2.51. The third-order valence-electron chi connectivity index (χ3n) is 6.03. The van der Waals surface area contributed by atoms with E-state index < -0.39 is 5.60 Å². The monoisotopic (exact) mass is 288 g/mol. The SMILES string of the molecule is CC1=CC[C@@]2(O)C/C=C(/C)CC/C=C(/C)CC[C@H]1C2(C)C. The first kappa shape index (κ1) is 16.5. The molecule has 0 fully saturated rings. The van der Waals surface area contributed by atoms with Crippen molar-refractivity contribution in [2.24, 2.45) is 11.3 Å². The van der Waals surface area contributed by atoms with Gasteiger partial charge in [0, 0.05) is 5.41 Å². The van der Waals surface area contributed by atoms with Gasteiger partial charge in [-0.15, -0.1) is 0 Å². The molecule has 2 atom stereocenters. The van der Waals surface area contributed by atoms with E-state index in [0.717, 1.165) is 38.5 Å². The Morgan fingerprint density at radius 3 is 2.29 bits per heavy atom. The fraction of sp³-hybridized carbons (Fsp3) is 0.700.